The molecule has 0 unspecified atom stereocenters. The van der Waals surface area contributed by atoms with E-state index in [0.29, 0.717) is 0 Å². The second kappa shape index (κ2) is 9.44. The fraction of sp³-hybridized carbons (Fsp3) is 1.00. The van der Waals surface area contributed by atoms with E-state index in [9.17, 15) is 4.57 Å². The molecule has 0 aromatic rings. The number of rotatable bonds is 11. The summed E-state index contributed by atoms with van der Waals surface area (Å²) in [6.07, 6.45) is 8.71. The molecule has 2 N–H and O–H groups in total. The minimum Gasteiger partial charge on any atom is -0.301 e. The number of hydrogen-bond acceptors (Lipinski definition) is 2. The molecule has 0 aliphatic carbocycles. The van der Waals surface area contributed by atoms with E-state index in [1.807, 2.05) is 0 Å². The van der Waals surface area contributed by atoms with E-state index in [2.05, 4.69) is 20.8 Å². The fourth-order valence-electron chi connectivity index (χ4n) is 2.02. The second-order valence-electron chi connectivity index (χ2n) is 4.86. The van der Waals surface area contributed by atoms with Gasteiger partial charge in [-0.1, -0.05) is 40.0 Å². The van der Waals surface area contributed by atoms with Gasteiger partial charge in [-0.05, 0) is 19.3 Å². The molecule has 0 heterocycles. The Balaban J connectivity index is 4.78. The lowest BCUT2D eigenvalue weighted by atomic mass is 10.4. The van der Waals surface area contributed by atoms with Crippen molar-refractivity contribution < 1.29 is 18.7 Å². The third kappa shape index (κ3) is 8.61. The molecule has 0 aliphatic rings. The van der Waals surface area contributed by atoms with Crippen LogP contribution < -0.4 is 0 Å². The van der Waals surface area contributed by atoms with Crippen molar-refractivity contribution in [3.05, 3.63) is 0 Å². The summed E-state index contributed by atoms with van der Waals surface area (Å²) < 4.78 is 16.5. The number of hydrogen-bond donors (Lipinski definition) is 2. The SMILES string of the molecule is CCCC[P+](CCCC)(CCCC)OP(=O)(O)O. The number of phosphoric acid groups is 1. The van der Waals surface area contributed by atoms with Crippen LogP contribution in [0.5, 0.6) is 0 Å². The standard InChI is InChI=1S/C12H28O4P2/c1-4-7-10-17(11-8-5-2,12-9-6-3)16-18(13,14)15/h4-12H2,1-3H3,(H-,13,14,15)/p+1. The lowest BCUT2D eigenvalue weighted by molar-refractivity contribution is 0.289. The van der Waals surface area contributed by atoms with E-state index >= 15 is 0 Å². The summed E-state index contributed by atoms with van der Waals surface area (Å²) >= 11 is 0. The summed E-state index contributed by atoms with van der Waals surface area (Å²) in [5.74, 6) is 0. The van der Waals surface area contributed by atoms with Crippen LogP contribution in [0.2, 0.25) is 0 Å². The van der Waals surface area contributed by atoms with Gasteiger partial charge in [-0.3, -0.25) is 0 Å². The van der Waals surface area contributed by atoms with Crippen molar-refractivity contribution in [2.75, 3.05) is 18.5 Å². The molecule has 4 nitrogen and oxygen atoms in total. The molecule has 6 heteroatoms. The van der Waals surface area contributed by atoms with Crippen molar-refractivity contribution in [2.24, 2.45) is 0 Å². The predicted octanol–water partition coefficient (Wildman–Crippen LogP) is 4.43. The molecule has 0 aromatic heterocycles. The van der Waals surface area contributed by atoms with Crippen molar-refractivity contribution in [2.45, 2.75) is 59.3 Å². The first-order valence-corrected chi connectivity index (χ1v) is 10.8. The van der Waals surface area contributed by atoms with Crippen molar-refractivity contribution in [1.82, 2.24) is 0 Å². The van der Waals surface area contributed by atoms with E-state index in [1.54, 1.807) is 0 Å². The maximum absolute atomic E-state index is 11.2. The van der Waals surface area contributed by atoms with Gasteiger partial charge in [0, 0.05) is 0 Å². The molecule has 0 aliphatic heterocycles. The molecule has 0 atom stereocenters. The van der Waals surface area contributed by atoms with E-state index in [4.69, 9.17) is 14.1 Å². The predicted molar refractivity (Wildman–Crippen MR) is 79.4 cm³/mol. The molecule has 0 saturated heterocycles. The summed E-state index contributed by atoms with van der Waals surface area (Å²) in [6.45, 7) is 6.31. The average molecular weight is 299 g/mol. The molecule has 110 valence electrons. The molecule has 0 rings (SSSR count). The molecule has 0 spiro atoms. The number of unbranched alkanes of at least 4 members (excludes halogenated alkanes) is 3. The van der Waals surface area contributed by atoms with Crippen LogP contribution in [0.3, 0.4) is 0 Å². The van der Waals surface area contributed by atoms with E-state index in [1.165, 1.54) is 0 Å². The Morgan fingerprint density at radius 1 is 0.889 bits per heavy atom. The molecule has 0 amide bonds. The highest BCUT2D eigenvalue weighted by Crippen LogP contribution is 2.69. The Bertz CT molecular complexity index is 231. The van der Waals surface area contributed by atoms with Crippen LogP contribution in [0.25, 0.3) is 0 Å². The van der Waals surface area contributed by atoms with Crippen LogP contribution in [0.1, 0.15) is 59.3 Å². The minimum absolute atomic E-state index is 0.856. The molecule has 0 fully saturated rings. The molecule has 0 radical (unpaired) electrons. The van der Waals surface area contributed by atoms with Gasteiger partial charge in [-0.25, -0.2) is 4.57 Å². The maximum atomic E-state index is 11.2. The summed E-state index contributed by atoms with van der Waals surface area (Å²) in [5.41, 5.74) is 0. The highest BCUT2D eigenvalue weighted by molar-refractivity contribution is 7.76. The first kappa shape index (κ1) is 18.5. The van der Waals surface area contributed by atoms with Gasteiger partial charge in [0.1, 0.15) is 0 Å². The van der Waals surface area contributed by atoms with Crippen molar-refractivity contribution in [3.63, 3.8) is 0 Å². The van der Waals surface area contributed by atoms with Gasteiger partial charge in [0.2, 0.25) is 0 Å². The summed E-state index contributed by atoms with van der Waals surface area (Å²) in [4.78, 5) is 18.3. The maximum Gasteiger partial charge on any atom is 0.503 e. The van der Waals surface area contributed by atoms with Gasteiger partial charge in [0.15, 0.2) is 7.49 Å². The molecule has 0 saturated carbocycles. The topological polar surface area (TPSA) is 66.8 Å². The van der Waals surface area contributed by atoms with E-state index in [-0.39, 0.29) is 0 Å². The molecular formula is C12H29O4P2+. The van der Waals surface area contributed by atoms with E-state index in [0.717, 1.165) is 57.0 Å². The van der Waals surface area contributed by atoms with Crippen molar-refractivity contribution in [1.29, 1.82) is 0 Å². The van der Waals surface area contributed by atoms with Gasteiger partial charge in [-0.15, -0.1) is 4.31 Å². The molecule has 18 heavy (non-hydrogen) atoms. The Labute approximate surface area is 112 Å². The zero-order valence-electron chi connectivity index (χ0n) is 12.0. The molecule has 0 aromatic carbocycles. The minimum atomic E-state index is -4.36. The van der Waals surface area contributed by atoms with Gasteiger partial charge in [0.25, 0.3) is 0 Å². The van der Waals surface area contributed by atoms with Gasteiger partial charge in [0.05, 0.1) is 18.5 Å². The lowest BCUT2D eigenvalue weighted by Gasteiger charge is -2.25. The Kier molecular flexibility index (Phi) is 9.73. The lowest BCUT2D eigenvalue weighted by Crippen LogP contribution is -2.11. The summed E-state index contributed by atoms with van der Waals surface area (Å²) in [6, 6.07) is 0. The van der Waals surface area contributed by atoms with Crippen LogP contribution in [-0.2, 0) is 8.88 Å². The molecular weight excluding hydrogens is 270 g/mol. The van der Waals surface area contributed by atoms with Gasteiger partial charge in [-0.2, -0.15) is 0 Å². The smallest absolute Gasteiger partial charge is 0.301 e. The zero-order chi connectivity index (χ0) is 14.1. The Hall–Kier alpha value is 0.540. The largest absolute Gasteiger partial charge is 0.503 e. The Morgan fingerprint density at radius 3 is 1.44 bits per heavy atom. The second-order valence-corrected chi connectivity index (χ2v) is 9.95. The third-order valence-electron chi connectivity index (χ3n) is 3.04. The van der Waals surface area contributed by atoms with Crippen LogP contribution in [0.4, 0.5) is 0 Å². The van der Waals surface area contributed by atoms with Crippen LogP contribution in [0.15, 0.2) is 0 Å². The Morgan fingerprint density at radius 2 is 1.22 bits per heavy atom. The highest BCUT2D eigenvalue weighted by Gasteiger charge is 2.44. The molecule has 0 bridgehead atoms. The third-order valence-corrected chi connectivity index (χ3v) is 8.67. The van der Waals surface area contributed by atoms with E-state index < -0.39 is 15.3 Å². The van der Waals surface area contributed by atoms with Crippen LogP contribution in [0, 0.1) is 0 Å². The van der Waals surface area contributed by atoms with Crippen LogP contribution in [-0.4, -0.2) is 28.3 Å². The quantitative estimate of drug-likeness (QED) is 0.554. The van der Waals surface area contributed by atoms with Gasteiger partial charge >= 0.3 is 7.82 Å². The van der Waals surface area contributed by atoms with Crippen LogP contribution >= 0.6 is 15.3 Å². The summed E-state index contributed by atoms with van der Waals surface area (Å²) in [5, 5.41) is 0. The highest BCUT2D eigenvalue weighted by atomic mass is 31.3. The summed E-state index contributed by atoms with van der Waals surface area (Å²) in [7, 11) is -6.29. The first-order valence-electron chi connectivity index (χ1n) is 7.02. The zero-order valence-corrected chi connectivity index (χ0v) is 13.8. The fourth-order valence-corrected chi connectivity index (χ4v) is 8.16. The van der Waals surface area contributed by atoms with Gasteiger partial charge < -0.3 is 9.79 Å². The van der Waals surface area contributed by atoms with Crippen molar-refractivity contribution >= 4 is 15.3 Å². The monoisotopic (exact) mass is 299 g/mol. The normalized spacial score (nSPS) is 12.9. The van der Waals surface area contributed by atoms with Crippen molar-refractivity contribution in [3.8, 4) is 0 Å². The average Bonchev–Trinajstić information content (AvgIpc) is 2.29. The first-order chi connectivity index (χ1) is 8.39.